The molecule has 2 aromatic rings. The molecule has 110 valence electrons. The van der Waals surface area contributed by atoms with Gasteiger partial charge in [0.1, 0.15) is 5.75 Å². The van der Waals surface area contributed by atoms with Crippen molar-refractivity contribution in [1.29, 1.82) is 0 Å². The van der Waals surface area contributed by atoms with Crippen LogP contribution in [-0.2, 0) is 0 Å². The van der Waals surface area contributed by atoms with Gasteiger partial charge in [0.2, 0.25) is 0 Å². The lowest BCUT2D eigenvalue weighted by atomic mass is 10.1. The number of rotatable bonds is 5. The van der Waals surface area contributed by atoms with Crippen molar-refractivity contribution in [2.75, 3.05) is 19.5 Å². The standard InChI is InChI=1S/C17H20N2O2/c1-12(13-6-10-16(21-3)11-7-13)19-15-8-4-14(5-9-15)17(20)18-2/h4-12,19H,1-3H3,(H,18,20). The molecule has 0 aliphatic carbocycles. The fourth-order valence-electron chi connectivity index (χ4n) is 2.09. The van der Waals surface area contributed by atoms with Gasteiger partial charge in [-0.1, -0.05) is 12.1 Å². The van der Waals surface area contributed by atoms with Crippen molar-refractivity contribution in [1.82, 2.24) is 5.32 Å². The van der Waals surface area contributed by atoms with Gasteiger partial charge in [0, 0.05) is 24.3 Å². The van der Waals surface area contributed by atoms with Gasteiger partial charge in [-0.25, -0.2) is 0 Å². The van der Waals surface area contributed by atoms with Crippen LogP contribution in [0.1, 0.15) is 28.9 Å². The predicted octanol–water partition coefficient (Wildman–Crippen LogP) is 3.23. The van der Waals surface area contributed by atoms with Crippen LogP contribution in [0.15, 0.2) is 48.5 Å². The van der Waals surface area contributed by atoms with Crippen LogP contribution in [-0.4, -0.2) is 20.1 Å². The molecule has 0 aliphatic rings. The Morgan fingerprint density at radius 2 is 1.67 bits per heavy atom. The molecule has 4 nitrogen and oxygen atoms in total. The summed E-state index contributed by atoms with van der Waals surface area (Å²) in [4.78, 5) is 11.5. The van der Waals surface area contributed by atoms with E-state index < -0.39 is 0 Å². The van der Waals surface area contributed by atoms with Gasteiger partial charge in [0.15, 0.2) is 0 Å². The molecule has 0 saturated carbocycles. The number of amides is 1. The summed E-state index contributed by atoms with van der Waals surface area (Å²) in [5, 5.41) is 6.01. The topological polar surface area (TPSA) is 50.4 Å². The van der Waals surface area contributed by atoms with Crippen LogP contribution in [0.2, 0.25) is 0 Å². The summed E-state index contributed by atoms with van der Waals surface area (Å²) in [7, 11) is 3.28. The molecule has 2 aromatic carbocycles. The minimum Gasteiger partial charge on any atom is -0.497 e. The third-order valence-electron chi connectivity index (χ3n) is 3.37. The van der Waals surface area contributed by atoms with Crippen LogP contribution in [0, 0.1) is 0 Å². The maximum atomic E-state index is 11.5. The van der Waals surface area contributed by atoms with Crippen molar-refractivity contribution in [3.8, 4) is 5.75 Å². The van der Waals surface area contributed by atoms with E-state index in [2.05, 4.69) is 17.6 Å². The summed E-state index contributed by atoms with van der Waals surface area (Å²) in [6, 6.07) is 15.6. The molecule has 2 rings (SSSR count). The van der Waals surface area contributed by atoms with E-state index in [0.717, 1.165) is 11.4 Å². The molecule has 0 radical (unpaired) electrons. The van der Waals surface area contributed by atoms with Gasteiger partial charge in [0.05, 0.1) is 7.11 Å². The van der Waals surface area contributed by atoms with Gasteiger partial charge in [-0.15, -0.1) is 0 Å². The van der Waals surface area contributed by atoms with E-state index in [-0.39, 0.29) is 11.9 Å². The minimum absolute atomic E-state index is 0.0789. The highest BCUT2D eigenvalue weighted by molar-refractivity contribution is 5.94. The number of hydrogen-bond donors (Lipinski definition) is 2. The van der Waals surface area contributed by atoms with Crippen molar-refractivity contribution >= 4 is 11.6 Å². The molecule has 0 saturated heterocycles. The molecule has 0 aliphatic heterocycles. The quantitative estimate of drug-likeness (QED) is 0.886. The summed E-state index contributed by atoms with van der Waals surface area (Å²) in [6.45, 7) is 2.09. The third-order valence-corrected chi connectivity index (χ3v) is 3.37. The SMILES string of the molecule is CNC(=O)c1ccc(NC(C)c2ccc(OC)cc2)cc1. The average Bonchev–Trinajstić information content (AvgIpc) is 2.55. The van der Waals surface area contributed by atoms with E-state index in [0.29, 0.717) is 5.56 Å². The Labute approximate surface area is 125 Å². The molecule has 2 N–H and O–H groups in total. The zero-order valence-corrected chi connectivity index (χ0v) is 12.5. The maximum absolute atomic E-state index is 11.5. The fraction of sp³-hybridized carbons (Fsp3) is 0.235. The van der Waals surface area contributed by atoms with Crippen LogP contribution in [0.4, 0.5) is 5.69 Å². The molecule has 1 unspecified atom stereocenters. The Morgan fingerprint density at radius 3 is 2.19 bits per heavy atom. The lowest BCUT2D eigenvalue weighted by Gasteiger charge is -2.16. The van der Waals surface area contributed by atoms with Gasteiger partial charge < -0.3 is 15.4 Å². The zero-order chi connectivity index (χ0) is 15.2. The van der Waals surface area contributed by atoms with E-state index in [4.69, 9.17) is 4.74 Å². The number of carbonyl (C=O) groups is 1. The van der Waals surface area contributed by atoms with Crippen LogP contribution in [0.3, 0.4) is 0 Å². The maximum Gasteiger partial charge on any atom is 0.251 e. The highest BCUT2D eigenvalue weighted by Gasteiger charge is 2.07. The number of anilines is 1. The number of methoxy groups -OCH3 is 1. The molecule has 0 heterocycles. The Morgan fingerprint density at radius 1 is 1.05 bits per heavy atom. The summed E-state index contributed by atoms with van der Waals surface area (Å²) < 4.78 is 5.16. The molecular weight excluding hydrogens is 264 g/mol. The second-order valence-corrected chi connectivity index (χ2v) is 4.80. The van der Waals surface area contributed by atoms with Gasteiger partial charge in [0.25, 0.3) is 5.91 Å². The highest BCUT2D eigenvalue weighted by atomic mass is 16.5. The molecule has 4 heteroatoms. The first-order valence-electron chi connectivity index (χ1n) is 6.86. The Kier molecular flexibility index (Phi) is 4.82. The molecule has 1 amide bonds. The number of ether oxygens (including phenoxy) is 1. The summed E-state index contributed by atoms with van der Waals surface area (Å²) in [6.07, 6.45) is 0. The van der Waals surface area contributed by atoms with Crippen LogP contribution in [0.25, 0.3) is 0 Å². The van der Waals surface area contributed by atoms with Gasteiger partial charge in [-0.3, -0.25) is 4.79 Å². The van der Waals surface area contributed by atoms with Gasteiger partial charge in [-0.2, -0.15) is 0 Å². The van der Waals surface area contributed by atoms with Crippen molar-refractivity contribution < 1.29 is 9.53 Å². The highest BCUT2D eigenvalue weighted by Crippen LogP contribution is 2.21. The van der Waals surface area contributed by atoms with Crippen LogP contribution >= 0.6 is 0 Å². The number of benzene rings is 2. The first kappa shape index (κ1) is 14.9. The fourth-order valence-corrected chi connectivity index (χ4v) is 2.09. The first-order valence-corrected chi connectivity index (χ1v) is 6.86. The van der Waals surface area contributed by atoms with Gasteiger partial charge >= 0.3 is 0 Å². The van der Waals surface area contributed by atoms with Crippen molar-refractivity contribution in [3.05, 3.63) is 59.7 Å². The Hall–Kier alpha value is -2.49. The van der Waals surface area contributed by atoms with E-state index in [1.165, 1.54) is 5.56 Å². The number of nitrogens with one attached hydrogen (secondary N) is 2. The summed E-state index contributed by atoms with van der Waals surface area (Å²) in [5.41, 5.74) is 2.80. The van der Waals surface area contributed by atoms with Crippen molar-refractivity contribution in [3.63, 3.8) is 0 Å². The minimum atomic E-state index is -0.0789. The molecule has 1 atom stereocenters. The third kappa shape index (κ3) is 3.75. The predicted molar refractivity (Wildman–Crippen MR) is 84.9 cm³/mol. The lowest BCUT2D eigenvalue weighted by Crippen LogP contribution is -2.17. The smallest absolute Gasteiger partial charge is 0.251 e. The lowest BCUT2D eigenvalue weighted by molar-refractivity contribution is 0.0963. The first-order chi connectivity index (χ1) is 10.1. The number of hydrogen-bond acceptors (Lipinski definition) is 3. The molecule has 21 heavy (non-hydrogen) atoms. The Bertz CT molecular complexity index is 591. The zero-order valence-electron chi connectivity index (χ0n) is 12.5. The molecule has 0 fully saturated rings. The Balaban J connectivity index is 2.04. The number of carbonyl (C=O) groups excluding carboxylic acids is 1. The van der Waals surface area contributed by atoms with Crippen LogP contribution in [0.5, 0.6) is 5.75 Å². The van der Waals surface area contributed by atoms with E-state index in [1.807, 2.05) is 48.5 Å². The van der Waals surface area contributed by atoms with E-state index in [9.17, 15) is 4.79 Å². The average molecular weight is 284 g/mol. The normalized spacial score (nSPS) is 11.6. The van der Waals surface area contributed by atoms with E-state index >= 15 is 0 Å². The van der Waals surface area contributed by atoms with Crippen molar-refractivity contribution in [2.24, 2.45) is 0 Å². The molecule has 0 aromatic heterocycles. The van der Waals surface area contributed by atoms with Crippen molar-refractivity contribution in [2.45, 2.75) is 13.0 Å². The summed E-state index contributed by atoms with van der Waals surface area (Å²) >= 11 is 0. The largest absolute Gasteiger partial charge is 0.497 e. The summed E-state index contributed by atoms with van der Waals surface area (Å²) in [5.74, 6) is 0.769. The van der Waals surface area contributed by atoms with Gasteiger partial charge in [-0.05, 0) is 48.9 Å². The molecule has 0 bridgehead atoms. The van der Waals surface area contributed by atoms with Crippen LogP contribution < -0.4 is 15.4 Å². The second-order valence-electron chi connectivity index (χ2n) is 4.80. The van der Waals surface area contributed by atoms with E-state index in [1.54, 1.807) is 14.2 Å². The monoisotopic (exact) mass is 284 g/mol. The molecule has 0 spiro atoms. The second kappa shape index (κ2) is 6.79. The molecular formula is C17H20N2O2.